The Morgan fingerprint density at radius 1 is 1.32 bits per heavy atom. The lowest BCUT2D eigenvalue weighted by molar-refractivity contribution is -0.119. The summed E-state index contributed by atoms with van der Waals surface area (Å²) in [6, 6.07) is 3.78. The van der Waals surface area contributed by atoms with Crippen molar-refractivity contribution in [1.82, 2.24) is 5.32 Å². The zero-order valence-electron chi connectivity index (χ0n) is 10.6. The summed E-state index contributed by atoms with van der Waals surface area (Å²) in [5, 5.41) is 6.16. The highest BCUT2D eigenvalue weighted by Crippen LogP contribution is 2.36. The predicted molar refractivity (Wildman–Crippen MR) is 71.5 cm³/mol. The third-order valence-corrected chi connectivity index (χ3v) is 3.34. The van der Waals surface area contributed by atoms with Gasteiger partial charge in [0.25, 0.3) is 0 Å². The number of nitrogens with two attached hydrogens (primary N) is 1. The fraction of sp³-hybridized carbons (Fsp3) is 0.462. The summed E-state index contributed by atoms with van der Waals surface area (Å²) < 4.78 is 11.0. The number of benzene rings is 1. The third-order valence-electron chi connectivity index (χ3n) is 3.34. The first kappa shape index (κ1) is 12.0. The van der Waals surface area contributed by atoms with E-state index in [-0.39, 0.29) is 11.9 Å². The largest absolute Gasteiger partial charge is 0.486 e. The molecule has 0 spiro atoms. The average Bonchev–Trinajstić information content (AvgIpc) is 2.82. The number of carbonyl (C=O) groups excluding carboxylic acids is 1. The van der Waals surface area contributed by atoms with Gasteiger partial charge in [0.1, 0.15) is 13.2 Å². The van der Waals surface area contributed by atoms with E-state index in [9.17, 15) is 4.79 Å². The molecule has 102 valence electrons. The molecular formula is C13H17N3O3. The summed E-state index contributed by atoms with van der Waals surface area (Å²) in [7, 11) is 0. The van der Waals surface area contributed by atoms with Crippen molar-refractivity contribution in [2.75, 3.05) is 30.8 Å². The minimum atomic E-state index is 0.113. The lowest BCUT2D eigenvalue weighted by atomic mass is 10.2. The second-order valence-electron chi connectivity index (χ2n) is 4.77. The van der Waals surface area contributed by atoms with Crippen LogP contribution in [0.3, 0.4) is 0 Å². The molecule has 3 rings (SSSR count). The maximum Gasteiger partial charge on any atom is 0.220 e. The molecule has 1 amide bonds. The van der Waals surface area contributed by atoms with Crippen LogP contribution in [0.2, 0.25) is 0 Å². The average molecular weight is 263 g/mol. The normalized spacial score (nSPS) is 21.1. The fourth-order valence-electron chi connectivity index (χ4n) is 2.32. The number of nitrogens with one attached hydrogen (secondary N) is 2. The van der Waals surface area contributed by atoms with Gasteiger partial charge in [-0.3, -0.25) is 4.79 Å². The van der Waals surface area contributed by atoms with Crippen LogP contribution in [-0.2, 0) is 4.79 Å². The van der Waals surface area contributed by atoms with Crippen molar-refractivity contribution >= 4 is 17.3 Å². The van der Waals surface area contributed by atoms with E-state index in [1.807, 2.05) is 6.07 Å². The van der Waals surface area contributed by atoms with Gasteiger partial charge in [0, 0.05) is 31.1 Å². The second-order valence-corrected chi connectivity index (χ2v) is 4.77. The van der Waals surface area contributed by atoms with Crippen LogP contribution in [-0.4, -0.2) is 31.7 Å². The zero-order chi connectivity index (χ0) is 13.2. The Labute approximate surface area is 111 Å². The maximum absolute atomic E-state index is 11.1. The van der Waals surface area contributed by atoms with Gasteiger partial charge in [-0.05, 0) is 6.42 Å². The molecular weight excluding hydrogens is 246 g/mol. The first-order valence-corrected chi connectivity index (χ1v) is 6.45. The Morgan fingerprint density at radius 2 is 2.05 bits per heavy atom. The van der Waals surface area contributed by atoms with Crippen LogP contribution >= 0.6 is 0 Å². The highest BCUT2D eigenvalue weighted by molar-refractivity contribution is 5.78. The third kappa shape index (κ3) is 2.52. The van der Waals surface area contributed by atoms with Crippen LogP contribution in [0, 0.1) is 0 Å². The highest BCUT2D eigenvalue weighted by atomic mass is 16.6. The van der Waals surface area contributed by atoms with Gasteiger partial charge in [-0.25, -0.2) is 0 Å². The Bertz CT molecular complexity index is 504. The van der Waals surface area contributed by atoms with Crippen molar-refractivity contribution in [2.24, 2.45) is 0 Å². The number of hydrogen-bond donors (Lipinski definition) is 3. The minimum absolute atomic E-state index is 0.113. The molecule has 2 aliphatic heterocycles. The first-order valence-electron chi connectivity index (χ1n) is 6.45. The molecule has 0 aromatic heterocycles. The van der Waals surface area contributed by atoms with Gasteiger partial charge in [0.2, 0.25) is 5.91 Å². The molecule has 0 bridgehead atoms. The van der Waals surface area contributed by atoms with Crippen LogP contribution in [0.1, 0.15) is 12.8 Å². The summed E-state index contributed by atoms with van der Waals surface area (Å²) >= 11 is 0. The Balaban J connectivity index is 1.68. The summed E-state index contributed by atoms with van der Waals surface area (Å²) in [5.74, 6) is 1.50. The Hall–Kier alpha value is -2.11. The number of nitrogen functional groups attached to an aromatic ring is 1. The van der Waals surface area contributed by atoms with E-state index in [0.29, 0.717) is 43.4 Å². The molecule has 1 fully saturated rings. The van der Waals surface area contributed by atoms with E-state index in [1.54, 1.807) is 6.07 Å². The standard InChI is InChI=1S/C13H17N3O3/c14-9-5-11-12(19-4-3-18-11)6-10(9)15-7-8-1-2-13(17)16-8/h5-6,8,15H,1-4,7,14H2,(H,16,17). The van der Waals surface area contributed by atoms with Crippen LogP contribution in [0.25, 0.3) is 0 Å². The van der Waals surface area contributed by atoms with Crippen molar-refractivity contribution < 1.29 is 14.3 Å². The molecule has 1 aromatic rings. The summed E-state index contributed by atoms with van der Waals surface area (Å²) in [6.07, 6.45) is 1.46. The molecule has 2 heterocycles. The summed E-state index contributed by atoms with van der Waals surface area (Å²) in [4.78, 5) is 11.1. The molecule has 2 aliphatic rings. The lowest BCUT2D eigenvalue weighted by Crippen LogP contribution is -2.32. The number of amides is 1. The van der Waals surface area contributed by atoms with Gasteiger partial charge < -0.3 is 25.8 Å². The number of fused-ring (bicyclic) bond motifs is 1. The van der Waals surface area contributed by atoms with E-state index in [1.165, 1.54) is 0 Å². The maximum atomic E-state index is 11.1. The van der Waals surface area contributed by atoms with Crippen LogP contribution in [0.15, 0.2) is 12.1 Å². The molecule has 0 saturated carbocycles. The second kappa shape index (κ2) is 4.87. The van der Waals surface area contributed by atoms with Crippen LogP contribution in [0.5, 0.6) is 11.5 Å². The van der Waals surface area contributed by atoms with Gasteiger partial charge >= 0.3 is 0 Å². The van der Waals surface area contributed by atoms with Gasteiger partial charge in [-0.15, -0.1) is 0 Å². The van der Waals surface area contributed by atoms with Crippen molar-refractivity contribution in [2.45, 2.75) is 18.9 Å². The summed E-state index contributed by atoms with van der Waals surface area (Å²) in [6.45, 7) is 1.76. The number of anilines is 2. The van der Waals surface area contributed by atoms with Gasteiger partial charge in [0.15, 0.2) is 11.5 Å². The Morgan fingerprint density at radius 3 is 2.74 bits per heavy atom. The lowest BCUT2D eigenvalue weighted by Gasteiger charge is -2.21. The van der Waals surface area contributed by atoms with E-state index >= 15 is 0 Å². The van der Waals surface area contributed by atoms with E-state index in [0.717, 1.165) is 12.1 Å². The molecule has 0 aliphatic carbocycles. The first-order chi connectivity index (χ1) is 9.22. The fourth-order valence-corrected chi connectivity index (χ4v) is 2.32. The van der Waals surface area contributed by atoms with Gasteiger partial charge in [0.05, 0.1) is 11.4 Å². The van der Waals surface area contributed by atoms with Crippen molar-refractivity contribution in [3.05, 3.63) is 12.1 Å². The molecule has 1 atom stereocenters. The van der Waals surface area contributed by atoms with Crippen LogP contribution < -0.4 is 25.8 Å². The molecule has 0 radical (unpaired) electrons. The number of carbonyl (C=O) groups is 1. The molecule has 19 heavy (non-hydrogen) atoms. The molecule has 1 saturated heterocycles. The molecule has 6 heteroatoms. The van der Waals surface area contributed by atoms with E-state index < -0.39 is 0 Å². The molecule has 1 unspecified atom stereocenters. The van der Waals surface area contributed by atoms with Crippen LogP contribution in [0.4, 0.5) is 11.4 Å². The molecule has 6 nitrogen and oxygen atoms in total. The SMILES string of the molecule is Nc1cc2c(cc1NCC1CCC(=O)N1)OCCO2. The van der Waals surface area contributed by atoms with E-state index in [2.05, 4.69) is 10.6 Å². The van der Waals surface area contributed by atoms with E-state index in [4.69, 9.17) is 15.2 Å². The smallest absolute Gasteiger partial charge is 0.220 e. The topological polar surface area (TPSA) is 85.6 Å². The van der Waals surface area contributed by atoms with Crippen molar-refractivity contribution in [1.29, 1.82) is 0 Å². The number of hydrogen-bond acceptors (Lipinski definition) is 5. The minimum Gasteiger partial charge on any atom is -0.486 e. The number of rotatable bonds is 3. The number of ether oxygens (including phenoxy) is 2. The molecule has 4 N–H and O–H groups in total. The predicted octanol–water partition coefficient (Wildman–Crippen LogP) is 0.730. The zero-order valence-corrected chi connectivity index (χ0v) is 10.6. The van der Waals surface area contributed by atoms with Gasteiger partial charge in [-0.1, -0.05) is 0 Å². The molecule has 1 aromatic carbocycles. The monoisotopic (exact) mass is 263 g/mol. The quantitative estimate of drug-likeness (QED) is 0.700. The van der Waals surface area contributed by atoms with Gasteiger partial charge in [-0.2, -0.15) is 0 Å². The van der Waals surface area contributed by atoms with Crippen molar-refractivity contribution in [3.63, 3.8) is 0 Å². The Kier molecular flexibility index (Phi) is 3.06. The van der Waals surface area contributed by atoms with Crippen molar-refractivity contribution in [3.8, 4) is 11.5 Å². The highest BCUT2D eigenvalue weighted by Gasteiger charge is 2.21. The summed E-state index contributed by atoms with van der Waals surface area (Å²) in [5.41, 5.74) is 7.40.